The van der Waals surface area contributed by atoms with Crippen molar-refractivity contribution in [2.75, 3.05) is 20.2 Å². The Morgan fingerprint density at radius 1 is 1.60 bits per heavy atom. The lowest BCUT2D eigenvalue weighted by molar-refractivity contribution is -0.147. The highest BCUT2D eigenvalue weighted by atomic mass is 19.1. The van der Waals surface area contributed by atoms with Crippen molar-refractivity contribution < 1.29 is 13.9 Å². The van der Waals surface area contributed by atoms with Crippen molar-refractivity contribution in [2.45, 2.75) is 19.4 Å². The van der Waals surface area contributed by atoms with Gasteiger partial charge in [0.05, 0.1) is 24.7 Å². The van der Waals surface area contributed by atoms with Gasteiger partial charge in [0.1, 0.15) is 5.82 Å². The van der Waals surface area contributed by atoms with Gasteiger partial charge in [0.15, 0.2) is 0 Å². The highest BCUT2D eigenvalue weighted by molar-refractivity contribution is 5.72. The molecule has 0 radical (unpaired) electrons. The van der Waals surface area contributed by atoms with Crippen LogP contribution in [0.1, 0.15) is 24.0 Å². The molecule has 0 bridgehead atoms. The number of hydrogen-bond donors (Lipinski definition) is 0. The standard InChI is InChI=1S/C15H17FN2O2/c1-20-15(19)13-3-2-6-18(10-13)9-12-5-4-11(8-17)7-14(12)16/h4-5,7,13H,2-3,6,9-10H2,1H3. The lowest BCUT2D eigenvalue weighted by Gasteiger charge is -2.31. The molecular formula is C15H17FN2O2. The normalized spacial score (nSPS) is 19.4. The molecule has 5 heteroatoms. The molecule has 0 amide bonds. The number of nitrogens with zero attached hydrogens (tertiary/aromatic N) is 2. The van der Waals surface area contributed by atoms with Crippen LogP contribution in [0.4, 0.5) is 4.39 Å². The molecule has 20 heavy (non-hydrogen) atoms. The summed E-state index contributed by atoms with van der Waals surface area (Å²) in [5.41, 5.74) is 0.867. The Labute approximate surface area is 117 Å². The molecule has 0 aromatic heterocycles. The summed E-state index contributed by atoms with van der Waals surface area (Å²) in [6.07, 6.45) is 1.72. The van der Waals surface area contributed by atoms with E-state index in [2.05, 4.69) is 4.90 Å². The largest absolute Gasteiger partial charge is 0.469 e. The highest BCUT2D eigenvalue weighted by Gasteiger charge is 2.26. The maximum Gasteiger partial charge on any atom is 0.309 e. The molecule has 1 atom stereocenters. The van der Waals surface area contributed by atoms with Gasteiger partial charge in [-0.2, -0.15) is 5.26 Å². The maximum absolute atomic E-state index is 13.8. The van der Waals surface area contributed by atoms with Crippen LogP contribution in [-0.2, 0) is 16.1 Å². The summed E-state index contributed by atoms with van der Waals surface area (Å²) in [6, 6.07) is 6.41. The number of esters is 1. The molecule has 0 spiro atoms. The van der Waals surface area contributed by atoms with E-state index in [0.29, 0.717) is 24.2 Å². The molecule has 1 unspecified atom stereocenters. The van der Waals surface area contributed by atoms with Crippen LogP contribution in [-0.4, -0.2) is 31.1 Å². The van der Waals surface area contributed by atoms with E-state index in [1.807, 2.05) is 6.07 Å². The fourth-order valence-corrected chi connectivity index (χ4v) is 2.54. The first-order valence-electron chi connectivity index (χ1n) is 6.62. The minimum atomic E-state index is -0.371. The molecule has 0 saturated carbocycles. The lowest BCUT2D eigenvalue weighted by Crippen LogP contribution is -2.38. The van der Waals surface area contributed by atoms with Crippen LogP contribution in [0, 0.1) is 23.1 Å². The number of likely N-dealkylation sites (tertiary alicyclic amines) is 1. The number of carbonyl (C=O) groups is 1. The monoisotopic (exact) mass is 276 g/mol. The van der Waals surface area contributed by atoms with Gasteiger partial charge in [0, 0.05) is 18.7 Å². The van der Waals surface area contributed by atoms with Gasteiger partial charge in [-0.1, -0.05) is 6.07 Å². The second-order valence-electron chi connectivity index (χ2n) is 5.02. The summed E-state index contributed by atoms with van der Waals surface area (Å²) in [4.78, 5) is 13.6. The van der Waals surface area contributed by atoms with Crippen molar-refractivity contribution in [2.24, 2.45) is 5.92 Å². The van der Waals surface area contributed by atoms with Crippen LogP contribution in [0.15, 0.2) is 18.2 Å². The number of halogens is 1. The van der Waals surface area contributed by atoms with Crippen LogP contribution in [0.3, 0.4) is 0 Å². The minimum Gasteiger partial charge on any atom is -0.469 e. The zero-order valence-corrected chi connectivity index (χ0v) is 11.4. The third-order valence-electron chi connectivity index (χ3n) is 3.62. The first kappa shape index (κ1) is 14.5. The quantitative estimate of drug-likeness (QED) is 0.793. The van der Waals surface area contributed by atoms with Crippen molar-refractivity contribution in [1.29, 1.82) is 5.26 Å². The molecule has 1 aromatic carbocycles. The zero-order valence-electron chi connectivity index (χ0n) is 11.4. The highest BCUT2D eigenvalue weighted by Crippen LogP contribution is 2.21. The molecule has 1 aliphatic heterocycles. The van der Waals surface area contributed by atoms with E-state index in [1.54, 1.807) is 12.1 Å². The molecule has 1 saturated heterocycles. The smallest absolute Gasteiger partial charge is 0.309 e. The molecule has 2 rings (SSSR count). The van der Waals surface area contributed by atoms with Crippen molar-refractivity contribution in [3.05, 3.63) is 35.1 Å². The Bertz CT molecular complexity index is 539. The first-order chi connectivity index (χ1) is 9.63. The number of piperidine rings is 1. The average molecular weight is 276 g/mol. The van der Waals surface area contributed by atoms with Crippen molar-refractivity contribution in [3.8, 4) is 6.07 Å². The molecule has 0 N–H and O–H groups in total. The molecule has 1 aromatic rings. The van der Waals surface area contributed by atoms with E-state index in [0.717, 1.165) is 19.4 Å². The Morgan fingerprint density at radius 3 is 3.05 bits per heavy atom. The number of ether oxygens (including phenoxy) is 1. The Morgan fingerprint density at radius 2 is 2.40 bits per heavy atom. The van der Waals surface area contributed by atoms with E-state index in [9.17, 15) is 9.18 Å². The third-order valence-corrected chi connectivity index (χ3v) is 3.62. The van der Waals surface area contributed by atoms with Crippen molar-refractivity contribution >= 4 is 5.97 Å². The summed E-state index contributed by atoms with van der Waals surface area (Å²) in [5, 5.41) is 8.72. The van der Waals surface area contributed by atoms with E-state index in [1.165, 1.54) is 13.2 Å². The SMILES string of the molecule is COC(=O)C1CCCN(Cc2ccc(C#N)cc2F)C1. The Kier molecular flexibility index (Phi) is 4.70. The Balaban J connectivity index is 2.03. The van der Waals surface area contributed by atoms with Gasteiger partial charge < -0.3 is 4.74 Å². The fraction of sp³-hybridized carbons (Fsp3) is 0.467. The zero-order chi connectivity index (χ0) is 14.5. The molecule has 4 nitrogen and oxygen atoms in total. The van der Waals surface area contributed by atoms with Crippen LogP contribution in [0.25, 0.3) is 0 Å². The summed E-state index contributed by atoms with van der Waals surface area (Å²) >= 11 is 0. The van der Waals surface area contributed by atoms with E-state index >= 15 is 0 Å². The average Bonchev–Trinajstić information content (AvgIpc) is 2.48. The topological polar surface area (TPSA) is 53.3 Å². The minimum absolute atomic E-state index is 0.129. The molecular weight excluding hydrogens is 259 g/mol. The summed E-state index contributed by atoms with van der Waals surface area (Å²) in [6.45, 7) is 1.88. The van der Waals surface area contributed by atoms with Crippen molar-refractivity contribution in [3.63, 3.8) is 0 Å². The summed E-state index contributed by atoms with van der Waals surface area (Å²) < 4.78 is 18.6. The predicted octanol–water partition coefficient (Wildman–Crippen LogP) is 2.08. The number of methoxy groups -OCH3 is 1. The van der Waals surface area contributed by atoms with Gasteiger partial charge in [-0.05, 0) is 31.5 Å². The Hall–Kier alpha value is -1.93. The van der Waals surface area contributed by atoms with Crippen LogP contribution in [0.2, 0.25) is 0 Å². The number of nitriles is 1. The number of rotatable bonds is 3. The van der Waals surface area contributed by atoms with Gasteiger partial charge >= 0.3 is 5.97 Å². The lowest BCUT2D eigenvalue weighted by atomic mass is 9.97. The first-order valence-corrected chi connectivity index (χ1v) is 6.62. The van der Waals surface area contributed by atoms with Gasteiger partial charge in [0.25, 0.3) is 0 Å². The second kappa shape index (κ2) is 6.49. The molecule has 0 aliphatic carbocycles. The van der Waals surface area contributed by atoms with Crippen molar-refractivity contribution in [1.82, 2.24) is 4.90 Å². The summed E-state index contributed by atoms with van der Waals surface area (Å²) in [5.74, 6) is -0.700. The molecule has 1 fully saturated rings. The van der Waals surface area contributed by atoms with E-state index in [4.69, 9.17) is 10.00 Å². The van der Waals surface area contributed by atoms with E-state index in [-0.39, 0.29) is 17.7 Å². The van der Waals surface area contributed by atoms with Gasteiger partial charge in [-0.15, -0.1) is 0 Å². The molecule has 1 heterocycles. The van der Waals surface area contributed by atoms with E-state index < -0.39 is 0 Å². The second-order valence-corrected chi connectivity index (χ2v) is 5.02. The molecule has 106 valence electrons. The summed E-state index contributed by atoms with van der Waals surface area (Å²) in [7, 11) is 1.39. The van der Waals surface area contributed by atoms with Crippen LogP contribution >= 0.6 is 0 Å². The number of carbonyl (C=O) groups excluding carboxylic acids is 1. The van der Waals surface area contributed by atoms with Crippen LogP contribution in [0.5, 0.6) is 0 Å². The van der Waals surface area contributed by atoms with Gasteiger partial charge in [-0.3, -0.25) is 9.69 Å². The third kappa shape index (κ3) is 3.34. The fourth-order valence-electron chi connectivity index (χ4n) is 2.54. The number of hydrogen-bond acceptors (Lipinski definition) is 4. The van der Waals surface area contributed by atoms with Gasteiger partial charge in [0.2, 0.25) is 0 Å². The van der Waals surface area contributed by atoms with Crippen LogP contribution < -0.4 is 0 Å². The molecule has 1 aliphatic rings. The predicted molar refractivity (Wildman–Crippen MR) is 71.1 cm³/mol. The number of benzene rings is 1. The van der Waals surface area contributed by atoms with Gasteiger partial charge in [-0.25, -0.2) is 4.39 Å². The maximum atomic E-state index is 13.8.